The van der Waals surface area contributed by atoms with Crippen LogP contribution in [0.5, 0.6) is 0 Å². The molecule has 2 rings (SSSR count). The monoisotopic (exact) mass is 306 g/mol. The third-order valence-corrected chi connectivity index (χ3v) is 2.76. The predicted molar refractivity (Wildman–Crippen MR) is 63.5 cm³/mol. The topological polar surface area (TPSA) is 69.0 Å². The molecule has 2 aromatic heterocycles. The van der Waals surface area contributed by atoms with Gasteiger partial charge in [-0.2, -0.15) is 24.5 Å². The van der Waals surface area contributed by atoms with Crippen molar-refractivity contribution in [2.24, 2.45) is 0 Å². The largest absolute Gasteiger partial charge is 0.440 e. The number of amides is 1. The Morgan fingerprint density at radius 2 is 2.30 bits per heavy atom. The second-order valence-electron chi connectivity index (χ2n) is 3.68. The molecule has 0 unspecified atom stereocenters. The molecular weight excluding hydrogens is 297 g/mol. The number of hydrogen-bond acceptors (Lipinski definition) is 5. The van der Waals surface area contributed by atoms with Crippen molar-refractivity contribution in [1.29, 1.82) is 0 Å². The van der Waals surface area contributed by atoms with Crippen LogP contribution in [0, 0.1) is 0 Å². The maximum absolute atomic E-state index is 11.8. The number of carbonyl (C=O) groups is 1. The van der Waals surface area contributed by atoms with E-state index < -0.39 is 18.9 Å². The number of carbonyl (C=O) groups excluding carboxylic acids is 1. The summed E-state index contributed by atoms with van der Waals surface area (Å²) in [5, 5.41) is 13.5. The molecule has 0 radical (unpaired) electrons. The van der Waals surface area contributed by atoms with Crippen LogP contribution in [-0.4, -0.2) is 33.9 Å². The highest BCUT2D eigenvalue weighted by atomic mass is 32.1. The third kappa shape index (κ3) is 4.23. The first kappa shape index (κ1) is 14.3. The number of aromatic nitrogens is 3. The van der Waals surface area contributed by atoms with Gasteiger partial charge >= 0.3 is 12.3 Å². The summed E-state index contributed by atoms with van der Waals surface area (Å²) in [4.78, 5) is 11.0. The lowest BCUT2D eigenvalue weighted by atomic mass is 10.4. The Labute approximate surface area is 115 Å². The first-order valence-electron chi connectivity index (χ1n) is 5.35. The molecule has 6 nitrogen and oxygen atoms in total. The number of ether oxygens (including phenoxy) is 1. The van der Waals surface area contributed by atoms with E-state index in [9.17, 15) is 18.0 Å². The van der Waals surface area contributed by atoms with E-state index in [2.05, 4.69) is 20.4 Å². The summed E-state index contributed by atoms with van der Waals surface area (Å²) in [6.45, 7) is -1.69. The van der Waals surface area contributed by atoms with Crippen molar-refractivity contribution < 1.29 is 22.7 Å². The summed E-state index contributed by atoms with van der Waals surface area (Å²) in [5.74, 6) is 0. The van der Waals surface area contributed by atoms with Gasteiger partial charge in [0.2, 0.25) is 0 Å². The van der Waals surface area contributed by atoms with Gasteiger partial charge in [-0.25, -0.2) is 9.48 Å². The van der Waals surface area contributed by atoms with Crippen LogP contribution in [0.15, 0.2) is 23.0 Å². The number of rotatable bonds is 4. The zero-order valence-corrected chi connectivity index (χ0v) is 10.7. The minimum absolute atomic E-state index is 0.0686. The van der Waals surface area contributed by atoms with Gasteiger partial charge in [-0.1, -0.05) is 5.21 Å². The SMILES string of the molecule is O=C(NCc1cn(-c2ccsc2)nn1)OCC(F)(F)F. The van der Waals surface area contributed by atoms with Crippen LogP contribution >= 0.6 is 11.3 Å². The molecule has 0 aliphatic carbocycles. The molecule has 10 heteroatoms. The van der Waals surface area contributed by atoms with E-state index >= 15 is 0 Å². The minimum Gasteiger partial charge on any atom is -0.440 e. The second kappa shape index (κ2) is 5.90. The maximum atomic E-state index is 11.8. The van der Waals surface area contributed by atoms with Gasteiger partial charge in [0, 0.05) is 5.38 Å². The lowest BCUT2D eigenvalue weighted by Crippen LogP contribution is -2.28. The van der Waals surface area contributed by atoms with E-state index in [0.29, 0.717) is 5.69 Å². The number of halogens is 3. The Hall–Kier alpha value is -2.10. The highest BCUT2D eigenvalue weighted by Crippen LogP contribution is 2.14. The molecule has 0 aliphatic heterocycles. The van der Waals surface area contributed by atoms with Gasteiger partial charge in [0.15, 0.2) is 6.61 Å². The van der Waals surface area contributed by atoms with Crippen LogP contribution in [0.2, 0.25) is 0 Å². The first-order valence-corrected chi connectivity index (χ1v) is 6.29. The van der Waals surface area contributed by atoms with Gasteiger partial charge in [0.05, 0.1) is 18.4 Å². The van der Waals surface area contributed by atoms with E-state index in [4.69, 9.17) is 0 Å². The van der Waals surface area contributed by atoms with E-state index in [1.165, 1.54) is 16.0 Å². The van der Waals surface area contributed by atoms with Crippen LogP contribution in [0.4, 0.5) is 18.0 Å². The van der Waals surface area contributed by atoms with Gasteiger partial charge in [-0.05, 0) is 11.4 Å². The van der Waals surface area contributed by atoms with Crippen LogP contribution in [-0.2, 0) is 11.3 Å². The standard InChI is InChI=1S/C10H9F3N4O2S/c11-10(12,13)6-19-9(18)14-3-7-4-17(16-15-7)8-1-2-20-5-8/h1-2,4-5H,3,6H2,(H,14,18). The van der Waals surface area contributed by atoms with E-state index in [-0.39, 0.29) is 6.54 Å². The highest BCUT2D eigenvalue weighted by Gasteiger charge is 2.29. The number of nitrogens with zero attached hydrogens (tertiary/aromatic N) is 3. The summed E-state index contributed by atoms with van der Waals surface area (Å²) in [7, 11) is 0. The second-order valence-corrected chi connectivity index (χ2v) is 4.46. The number of thiophene rings is 1. The molecule has 0 aromatic carbocycles. The highest BCUT2D eigenvalue weighted by molar-refractivity contribution is 7.08. The van der Waals surface area contributed by atoms with Crippen molar-refractivity contribution in [3.63, 3.8) is 0 Å². The molecule has 0 saturated heterocycles. The molecule has 0 atom stereocenters. The molecule has 108 valence electrons. The molecule has 2 aromatic rings. The maximum Gasteiger partial charge on any atom is 0.422 e. The van der Waals surface area contributed by atoms with Crippen LogP contribution < -0.4 is 5.32 Å². The van der Waals surface area contributed by atoms with Crippen LogP contribution in [0.1, 0.15) is 5.69 Å². The molecular formula is C10H9F3N4O2S. The fourth-order valence-corrected chi connectivity index (χ4v) is 1.88. The molecule has 0 bridgehead atoms. The van der Waals surface area contributed by atoms with Gasteiger partial charge in [0.1, 0.15) is 5.69 Å². The molecule has 0 aliphatic rings. The Morgan fingerprint density at radius 3 is 2.95 bits per heavy atom. The summed E-state index contributed by atoms with van der Waals surface area (Å²) < 4.78 is 40.9. The summed E-state index contributed by atoms with van der Waals surface area (Å²) in [5.41, 5.74) is 1.22. The van der Waals surface area contributed by atoms with Gasteiger partial charge in [0.25, 0.3) is 0 Å². The number of nitrogens with one attached hydrogen (secondary N) is 1. The molecule has 0 saturated carbocycles. The zero-order chi connectivity index (χ0) is 14.6. The minimum atomic E-state index is -4.54. The Bertz CT molecular complexity index is 567. The lowest BCUT2D eigenvalue weighted by Gasteiger charge is -2.07. The van der Waals surface area contributed by atoms with Crippen LogP contribution in [0.25, 0.3) is 5.69 Å². The van der Waals surface area contributed by atoms with Crippen molar-refractivity contribution >= 4 is 17.4 Å². The van der Waals surface area contributed by atoms with E-state index in [1.54, 1.807) is 6.20 Å². The Kier molecular flexibility index (Phi) is 4.23. The quantitative estimate of drug-likeness (QED) is 0.939. The average molecular weight is 306 g/mol. The van der Waals surface area contributed by atoms with Crippen molar-refractivity contribution in [1.82, 2.24) is 20.3 Å². The third-order valence-electron chi connectivity index (χ3n) is 2.09. The van der Waals surface area contributed by atoms with Gasteiger partial charge in [-0.3, -0.25) is 0 Å². The zero-order valence-electron chi connectivity index (χ0n) is 9.92. The fraction of sp³-hybridized carbons (Fsp3) is 0.300. The molecule has 2 heterocycles. The fourth-order valence-electron chi connectivity index (χ4n) is 1.25. The number of hydrogen-bond donors (Lipinski definition) is 1. The molecule has 1 N–H and O–H groups in total. The van der Waals surface area contributed by atoms with Gasteiger partial charge < -0.3 is 10.1 Å². The van der Waals surface area contributed by atoms with Crippen molar-refractivity contribution in [3.05, 3.63) is 28.7 Å². The van der Waals surface area contributed by atoms with Crippen LogP contribution in [0.3, 0.4) is 0 Å². The summed E-state index contributed by atoms with van der Waals surface area (Å²) in [6.07, 6.45) is -4.14. The van der Waals surface area contributed by atoms with Crippen molar-refractivity contribution in [2.75, 3.05) is 6.61 Å². The smallest absolute Gasteiger partial charge is 0.422 e. The Morgan fingerprint density at radius 1 is 1.50 bits per heavy atom. The summed E-state index contributed by atoms with van der Waals surface area (Å²) >= 11 is 1.49. The Balaban J connectivity index is 1.81. The van der Waals surface area contributed by atoms with Crippen molar-refractivity contribution in [3.8, 4) is 5.69 Å². The first-order chi connectivity index (χ1) is 9.44. The lowest BCUT2D eigenvalue weighted by molar-refractivity contribution is -0.160. The molecule has 0 spiro atoms. The predicted octanol–water partition coefficient (Wildman–Crippen LogP) is 2.12. The van der Waals surface area contributed by atoms with Crippen molar-refractivity contribution in [2.45, 2.75) is 12.7 Å². The number of alkyl carbamates (subject to hydrolysis) is 1. The summed E-state index contributed by atoms with van der Waals surface area (Å²) in [6, 6.07) is 1.83. The van der Waals surface area contributed by atoms with E-state index in [0.717, 1.165) is 5.69 Å². The molecule has 0 fully saturated rings. The normalized spacial score (nSPS) is 11.3. The van der Waals surface area contributed by atoms with E-state index in [1.807, 2.05) is 16.8 Å². The van der Waals surface area contributed by atoms with Gasteiger partial charge in [-0.15, -0.1) is 5.10 Å². The average Bonchev–Trinajstić information content (AvgIpc) is 3.03. The molecule has 20 heavy (non-hydrogen) atoms. The molecule has 1 amide bonds. The number of alkyl halides is 3.